The summed E-state index contributed by atoms with van der Waals surface area (Å²) >= 11 is 0. The predicted octanol–water partition coefficient (Wildman–Crippen LogP) is 8.03. The lowest BCUT2D eigenvalue weighted by molar-refractivity contribution is -0.137. The number of alkyl halides is 3. The van der Waals surface area contributed by atoms with Gasteiger partial charge in [0.25, 0.3) is 0 Å². The molecule has 1 unspecified atom stereocenters. The maximum Gasteiger partial charge on any atom is 0.416 e. The van der Waals surface area contributed by atoms with Crippen LogP contribution in [0.25, 0.3) is 11.1 Å². The quantitative estimate of drug-likeness (QED) is 0.371. The molecule has 0 aromatic heterocycles. The van der Waals surface area contributed by atoms with Crippen molar-refractivity contribution in [3.05, 3.63) is 130 Å². The Kier molecular flexibility index (Phi) is 5.24. The summed E-state index contributed by atoms with van der Waals surface area (Å²) in [4.78, 5) is 13.9. The number of carbonyl (C=O) groups is 1. The van der Waals surface area contributed by atoms with Gasteiger partial charge in [-0.25, -0.2) is 0 Å². The van der Waals surface area contributed by atoms with Crippen LogP contribution in [-0.2, 0) is 16.4 Å². The van der Waals surface area contributed by atoms with Crippen LogP contribution in [0.3, 0.4) is 0 Å². The summed E-state index contributed by atoms with van der Waals surface area (Å²) in [6.07, 6.45) is 0.695. The second kappa shape index (κ2) is 7.94. The Morgan fingerprint density at radius 3 is 1.91 bits per heavy atom. The number of hydrogen-bond acceptors (Lipinski definition) is 1. The molecule has 2 aliphatic carbocycles. The molecule has 176 valence electrons. The predicted molar refractivity (Wildman–Crippen MR) is 134 cm³/mol. The first-order chi connectivity index (χ1) is 16.5. The topological polar surface area (TPSA) is 17.1 Å². The van der Waals surface area contributed by atoms with Crippen molar-refractivity contribution in [2.75, 3.05) is 0 Å². The van der Waals surface area contributed by atoms with Crippen molar-refractivity contribution < 1.29 is 18.0 Å². The first-order valence-corrected chi connectivity index (χ1v) is 11.6. The Morgan fingerprint density at radius 1 is 0.743 bits per heavy atom. The van der Waals surface area contributed by atoms with Gasteiger partial charge in [-0.15, -0.1) is 0 Å². The number of rotatable bonds is 2. The van der Waals surface area contributed by atoms with E-state index < -0.39 is 17.2 Å². The molecule has 0 amide bonds. The first-order valence-electron chi connectivity index (χ1n) is 11.6. The Bertz CT molecular complexity index is 1400. The zero-order valence-electron chi connectivity index (χ0n) is 19.8. The molecular formula is C31H25F3O. The third-order valence-corrected chi connectivity index (χ3v) is 6.85. The minimum atomic E-state index is -4.53. The summed E-state index contributed by atoms with van der Waals surface area (Å²) in [6, 6.07) is 22.9. The molecule has 4 heteroatoms. The molecule has 5 rings (SSSR count). The van der Waals surface area contributed by atoms with Crippen LogP contribution in [0.1, 0.15) is 48.6 Å². The Hall–Kier alpha value is -3.66. The number of carbonyl (C=O) groups excluding carboxylic acids is 1. The molecule has 0 saturated heterocycles. The molecule has 2 aliphatic rings. The average molecular weight is 471 g/mol. The van der Waals surface area contributed by atoms with Gasteiger partial charge in [0, 0.05) is 0 Å². The highest BCUT2D eigenvalue weighted by atomic mass is 19.4. The Labute approximate surface area is 203 Å². The monoisotopic (exact) mass is 470 g/mol. The Morgan fingerprint density at radius 2 is 1.34 bits per heavy atom. The highest BCUT2D eigenvalue weighted by molar-refractivity contribution is 6.22. The third kappa shape index (κ3) is 3.68. The van der Waals surface area contributed by atoms with Gasteiger partial charge in [0.05, 0.1) is 5.56 Å². The minimum absolute atomic E-state index is 0.240. The molecule has 3 aromatic carbocycles. The van der Waals surface area contributed by atoms with E-state index in [0.29, 0.717) is 11.1 Å². The van der Waals surface area contributed by atoms with Crippen LogP contribution in [0.2, 0.25) is 0 Å². The van der Waals surface area contributed by atoms with Crippen LogP contribution < -0.4 is 0 Å². The Balaban J connectivity index is 1.96. The van der Waals surface area contributed by atoms with Gasteiger partial charge in [-0.05, 0) is 62.6 Å². The van der Waals surface area contributed by atoms with Crippen LogP contribution in [0.15, 0.2) is 103 Å². The molecule has 0 saturated carbocycles. The molecule has 1 atom stereocenters. The number of fused-ring (bicyclic) bond motifs is 2. The summed E-state index contributed by atoms with van der Waals surface area (Å²) in [6.45, 7) is 6.12. The van der Waals surface area contributed by atoms with E-state index in [-0.39, 0.29) is 11.2 Å². The van der Waals surface area contributed by atoms with E-state index in [0.717, 1.165) is 33.9 Å². The molecule has 1 nitrogen and oxygen atoms in total. The van der Waals surface area contributed by atoms with Crippen LogP contribution in [0.5, 0.6) is 0 Å². The molecule has 0 radical (unpaired) electrons. The summed E-state index contributed by atoms with van der Waals surface area (Å²) < 4.78 is 41.7. The largest absolute Gasteiger partial charge is 0.416 e. The fourth-order valence-electron chi connectivity index (χ4n) is 5.13. The smallest absolute Gasteiger partial charge is 0.293 e. The highest BCUT2D eigenvalue weighted by Crippen LogP contribution is 2.57. The van der Waals surface area contributed by atoms with E-state index in [1.54, 1.807) is 6.08 Å². The molecule has 0 heterocycles. The van der Waals surface area contributed by atoms with Crippen LogP contribution in [0, 0.1) is 5.41 Å². The van der Waals surface area contributed by atoms with E-state index in [1.165, 1.54) is 18.2 Å². The normalized spacial score (nSPS) is 19.8. The standard InChI is InChI=1S/C31H25F3O/c1-29(2,3)23-15-17-26(35)30(19-23)25-18-22(31(32,33)34)14-16-24(25)27(20-10-6-4-7-11-20)28(30)21-12-8-5-9-13-21/h4-19H,1-3H3. The van der Waals surface area contributed by atoms with Gasteiger partial charge >= 0.3 is 6.18 Å². The van der Waals surface area contributed by atoms with Crippen molar-refractivity contribution in [2.45, 2.75) is 32.4 Å². The van der Waals surface area contributed by atoms with Gasteiger partial charge < -0.3 is 0 Å². The number of hydrogen-bond donors (Lipinski definition) is 0. The molecule has 0 fully saturated rings. The lowest BCUT2D eigenvalue weighted by Gasteiger charge is -2.35. The zero-order chi connectivity index (χ0) is 25.0. The minimum Gasteiger partial charge on any atom is -0.293 e. The van der Waals surface area contributed by atoms with E-state index in [4.69, 9.17) is 0 Å². The lowest BCUT2D eigenvalue weighted by Crippen LogP contribution is -2.36. The van der Waals surface area contributed by atoms with Gasteiger partial charge in [-0.3, -0.25) is 4.79 Å². The lowest BCUT2D eigenvalue weighted by atomic mass is 9.65. The maximum absolute atomic E-state index is 13.9. The second-order valence-corrected chi connectivity index (χ2v) is 10.1. The molecule has 3 aromatic rings. The van der Waals surface area contributed by atoms with Crippen molar-refractivity contribution in [1.29, 1.82) is 0 Å². The van der Waals surface area contributed by atoms with Crippen molar-refractivity contribution in [3.63, 3.8) is 0 Å². The van der Waals surface area contributed by atoms with Crippen molar-refractivity contribution in [1.82, 2.24) is 0 Å². The number of benzene rings is 3. The highest BCUT2D eigenvalue weighted by Gasteiger charge is 2.51. The summed E-state index contributed by atoms with van der Waals surface area (Å²) in [5, 5.41) is 0. The van der Waals surface area contributed by atoms with Gasteiger partial charge in [0.1, 0.15) is 5.41 Å². The second-order valence-electron chi connectivity index (χ2n) is 10.1. The molecule has 0 N–H and O–H groups in total. The van der Waals surface area contributed by atoms with Crippen LogP contribution in [0.4, 0.5) is 13.2 Å². The van der Waals surface area contributed by atoms with Gasteiger partial charge in [-0.2, -0.15) is 13.2 Å². The van der Waals surface area contributed by atoms with Crippen molar-refractivity contribution in [3.8, 4) is 0 Å². The van der Waals surface area contributed by atoms with Crippen LogP contribution >= 0.6 is 0 Å². The summed E-state index contributed by atoms with van der Waals surface area (Å²) in [5.41, 5.74) is 2.68. The molecule has 35 heavy (non-hydrogen) atoms. The molecule has 0 bridgehead atoms. The van der Waals surface area contributed by atoms with Crippen molar-refractivity contribution >= 4 is 16.9 Å². The molecule has 1 spiro atoms. The van der Waals surface area contributed by atoms with E-state index >= 15 is 0 Å². The molecular weight excluding hydrogens is 445 g/mol. The number of ketones is 1. The van der Waals surface area contributed by atoms with E-state index in [2.05, 4.69) is 0 Å². The fourth-order valence-corrected chi connectivity index (χ4v) is 5.13. The molecule has 0 aliphatic heterocycles. The number of allylic oxidation sites excluding steroid dienone is 5. The third-order valence-electron chi connectivity index (χ3n) is 6.85. The number of halogens is 3. The van der Waals surface area contributed by atoms with E-state index in [1.807, 2.05) is 87.5 Å². The van der Waals surface area contributed by atoms with Crippen molar-refractivity contribution in [2.24, 2.45) is 5.41 Å². The van der Waals surface area contributed by atoms with Gasteiger partial charge in [-0.1, -0.05) is 99.7 Å². The fraction of sp³-hybridized carbons (Fsp3) is 0.194. The first kappa shape index (κ1) is 23.1. The van der Waals surface area contributed by atoms with Crippen LogP contribution in [-0.4, -0.2) is 5.78 Å². The van der Waals surface area contributed by atoms with E-state index in [9.17, 15) is 18.0 Å². The summed E-state index contributed by atoms with van der Waals surface area (Å²) in [7, 11) is 0. The van der Waals surface area contributed by atoms with Gasteiger partial charge in [0.15, 0.2) is 5.78 Å². The zero-order valence-corrected chi connectivity index (χ0v) is 19.8. The average Bonchev–Trinajstić information content (AvgIpc) is 3.11. The van der Waals surface area contributed by atoms with Gasteiger partial charge in [0.2, 0.25) is 0 Å². The maximum atomic E-state index is 13.9. The SMILES string of the molecule is CC(C)(C)C1=CC2(C(=O)C=C1)C(c1ccccc1)=C(c1ccccc1)c1ccc(C(F)(F)F)cc12. The summed E-state index contributed by atoms with van der Waals surface area (Å²) in [5.74, 6) is -0.240.